The fourth-order valence-electron chi connectivity index (χ4n) is 3.57. The molecule has 1 aromatic carbocycles. The number of anilines is 2. The Hall–Kier alpha value is -2.61. The van der Waals surface area contributed by atoms with Gasteiger partial charge in [0, 0.05) is 50.1 Å². The summed E-state index contributed by atoms with van der Waals surface area (Å²) in [6.07, 6.45) is 3.30. The van der Waals surface area contributed by atoms with Gasteiger partial charge in [-0.05, 0) is 43.9 Å². The molecule has 0 spiro atoms. The van der Waals surface area contributed by atoms with Crippen molar-refractivity contribution >= 4 is 29.2 Å². The van der Waals surface area contributed by atoms with Gasteiger partial charge >= 0.3 is 6.03 Å². The molecule has 8 nitrogen and oxygen atoms in total. The van der Waals surface area contributed by atoms with Crippen molar-refractivity contribution in [1.82, 2.24) is 9.80 Å². The van der Waals surface area contributed by atoms with Crippen molar-refractivity contribution in [2.24, 2.45) is 5.92 Å². The van der Waals surface area contributed by atoms with E-state index in [4.69, 9.17) is 4.74 Å². The van der Waals surface area contributed by atoms with Gasteiger partial charge in [0.15, 0.2) is 0 Å². The molecule has 1 aliphatic carbocycles. The highest BCUT2D eigenvalue weighted by atomic mass is 16.5. The molecule has 2 saturated heterocycles. The standard InChI is InChI=1S/C20H26N4O4/c25-18(14-6-7-14)21-15-3-1-4-16(13-15)22-20(27)24-10-8-23(9-11-24)19(26)17-5-2-12-28-17/h1,3-4,13-14,17H,2,5-12H2,(H,21,25)(H,22,27). The molecule has 8 heteroatoms. The molecule has 1 saturated carbocycles. The van der Waals surface area contributed by atoms with E-state index in [1.807, 2.05) is 6.07 Å². The van der Waals surface area contributed by atoms with E-state index in [0.29, 0.717) is 44.2 Å². The first kappa shape index (κ1) is 18.7. The zero-order valence-electron chi connectivity index (χ0n) is 15.9. The van der Waals surface area contributed by atoms with Crippen LogP contribution in [0.5, 0.6) is 0 Å². The van der Waals surface area contributed by atoms with Crippen LogP contribution in [0, 0.1) is 5.92 Å². The third-order valence-corrected chi connectivity index (χ3v) is 5.41. The van der Waals surface area contributed by atoms with Crippen LogP contribution in [0.2, 0.25) is 0 Å². The summed E-state index contributed by atoms with van der Waals surface area (Å²) in [5.41, 5.74) is 1.32. The van der Waals surface area contributed by atoms with Crippen molar-refractivity contribution in [3.05, 3.63) is 24.3 Å². The second-order valence-corrected chi connectivity index (χ2v) is 7.59. The Bertz CT molecular complexity index is 750. The summed E-state index contributed by atoms with van der Waals surface area (Å²) in [4.78, 5) is 40.3. The van der Waals surface area contributed by atoms with Gasteiger partial charge in [-0.1, -0.05) is 6.07 Å². The second kappa shape index (κ2) is 8.18. The van der Waals surface area contributed by atoms with Gasteiger partial charge in [0.2, 0.25) is 5.91 Å². The van der Waals surface area contributed by atoms with Crippen molar-refractivity contribution in [2.45, 2.75) is 31.8 Å². The predicted octanol–water partition coefficient (Wildman–Crippen LogP) is 1.89. The van der Waals surface area contributed by atoms with Crippen LogP contribution >= 0.6 is 0 Å². The first-order valence-corrected chi connectivity index (χ1v) is 9.97. The highest BCUT2D eigenvalue weighted by Gasteiger charge is 2.31. The molecular weight excluding hydrogens is 360 g/mol. The fraction of sp³-hybridized carbons (Fsp3) is 0.550. The fourth-order valence-corrected chi connectivity index (χ4v) is 3.57. The zero-order chi connectivity index (χ0) is 19.5. The minimum atomic E-state index is -0.311. The molecule has 4 amide bonds. The summed E-state index contributed by atoms with van der Waals surface area (Å²) in [5.74, 6) is 0.207. The lowest BCUT2D eigenvalue weighted by Gasteiger charge is -2.35. The van der Waals surface area contributed by atoms with Gasteiger partial charge in [-0.25, -0.2) is 4.79 Å². The number of nitrogens with one attached hydrogen (secondary N) is 2. The minimum absolute atomic E-state index is 0.0375. The van der Waals surface area contributed by atoms with Gasteiger partial charge in [0.25, 0.3) is 5.91 Å². The Labute approximate surface area is 164 Å². The van der Waals surface area contributed by atoms with E-state index in [2.05, 4.69) is 10.6 Å². The predicted molar refractivity (Wildman–Crippen MR) is 104 cm³/mol. The molecule has 4 rings (SSSR count). The zero-order valence-corrected chi connectivity index (χ0v) is 15.9. The van der Waals surface area contributed by atoms with Gasteiger partial charge in [0.1, 0.15) is 6.10 Å². The summed E-state index contributed by atoms with van der Waals surface area (Å²) >= 11 is 0. The van der Waals surface area contributed by atoms with Crippen molar-refractivity contribution in [3.63, 3.8) is 0 Å². The second-order valence-electron chi connectivity index (χ2n) is 7.59. The number of nitrogens with zero attached hydrogens (tertiary/aromatic N) is 2. The molecule has 1 atom stereocenters. The lowest BCUT2D eigenvalue weighted by atomic mass is 10.2. The SMILES string of the molecule is O=C(Nc1cccc(NC(=O)N2CCN(C(=O)C3CCCO3)CC2)c1)C1CC1. The maximum atomic E-state index is 12.6. The molecule has 0 bridgehead atoms. The van der Waals surface area contributed by atoms with E-state index >= 15 is 0 Å². The number of carbonyl (C=O) groups is 3. The lowest BCUT2D eigenvalue weighted by molar-refractivity contribution is -0.142. The maximum Gasteiger partial charge on any atom is 0.321 e. The normalized spacial score (nSPS) is 22.1. The molecule has 0 radical (unpaired) electrons. The number of rotatable bonds is 4. The highest BCUT2D eigenvalue weighted by Crippen LogP contribution is 2.30. The van der Waals surface area contributed by atoms with Crippen LogP contribution in [0.4, 0.5) is 16.2 Å². The molecule has 150 valence electrons. The average Bonchev–Trinajstić information content (AvgIpc) is 3.42. The smallest absolute Gasteiger partial charge is 0.321 e. The Morgan fingerprint density at radius 1 is 0.929 bits per heavy atom. The summed E-state index contributed by atoms with van der Waals surface area (Å²) in [7, 11) is 0. The number of benzene rings is 1. The largest absolute Gasteiger partial charge is 0.368 e. The van der Waals surface area contributed by atoms with E-state index in [1.54, 1.807) is 28.0 Å². The van der Waals surface area contributed by atoms with E-state index in [-0.39, 0.29) is 29.9 Å². The van der Waals surface area contributed by atoms with Crippen LogP contribution in [-0.4, -0.2) is 66.5 Å². The van der Waals surface area contributed by atoms with Gasteiger partial charge < -0.3 is 25.2 Å². The summed E-state index contributed by atoms with van der Waals surface area (Å²) in [5, 5.41) is 5.76. The quantitative estimate of drug-likeness (QED) is 0.827. The molecule has 2 N–H and O–H groups in total. The topological polar surface area (TPSA) is 91.0 Å². The molecule has 28 heavy (non-hydrogen) atoms. The Morgan fingerprint density at radius 3 is 2.25 bits per heavy atom. The number of ether oxygens (including phenoxy) is 1. The molecule has 2 aliphatic heterocycles. The van der Waals surface area contributed by atoms with E-state index in [9.17, 15) is 14.4 Å². The number of hydrogen-bond donors (Lipinski definition) is 2. The third-order valence-electron chi connectivity index (χ3n) is 5.41. The number of urea groups is 1. The van der Waals surface area contributed by atoms with E-state index in [0.717, 1.165) is 25.7 Å². The molecule has 0 aromatic heterocycles. The van der Waals surface area contributed by atoms with Crippen molar-refractivity contribution < 1.29 is 19.1 Å². The minimum Gasteiger partial charge on any atom is -0.368 e. The molecule has 1 unspecified atom stereocenters. The van der Waals surface area contributed by atoms with Crippen LogP contribution in [0.25, 0.3) is 0 Å². The van der Waals surface area contributed by atoms with Crippen LogP contribution in [0.1, 0.15) is 25.7 Å². The molecule has 3 aliphatic rings. The third kappa shape index (κ3) is 4.44. The number of amides is 4. The van der Waals surface area contributed by atoms with Crippen molar-refractivity contribution in [2.75, 3.05) is 43.4 Å². The van der Waals surface area contributed by atoms with E-state index < -0.39 is 0 Å². The summed E-state index contributed by atoms with van der Waals surface area (Å²) < 4.78 is 5.46. The Balaban J connectivity index is 1.27. The lowest BCUT2D eigenvalue weighted by Crippen LogP contribution is -2.53. The van der Waals surface area contributed by atoms with E-state index in [1.165, 1.54) is 0 Å². The van der Waals surface area contributed by atoms with Crippen molar-refractivity contribution in [1.29, 1.82) is 0 Å². The van der Waals surface area contributed by atoms with Gasteiger partial charge in [-0.2, -0.15) is 0 Å². The van der Waals surface area contributed by atoms with Gasteiger partial charge in [-0.3, -0.25) is 9.59 Å². The number of hydrogen-bond acceptors (Lipinski definition) is 4. The molecule has 1 aromatic rings. The molecule has 2 heterocycles. The van der Waals surface area contributed by atoms with Gasteiger partial charge in [0.05, 0.1) is 0 Å². The monoisotopic (exact) mass is 386 g/mol. The van der Waals surface area contributed by atoms with Crippen molar-refractivity contribution in [3.8, 4) is 0 Å². The van der Waals surface area contributed by atoms with Crippen LogP contribution < -0.4 is 10.6 Å². The average molecular weight is 386 g/mol. The first-order valence-electron chi connectivity index (χ1n) is 9.97. The molecule has 3 fully saturated rings. The Kier molecular flexibility index (Phi) is 5.47. The summed E-state index contributed by atoms with van der Waals surface area (Å²) in [6, 6.07) is 6.97. The number of piperazine rings is 1. The number of carbonyl (C=O) groups excluding carboxylic acids is 3. The van der Waals surface area contributed by atoms with Crippen LogP contribution in [0.15, 0.2) is 24.3 Å². The molecular formula is C20H26N4O4. The Morgan fingerprint density at radius 2 is 1.61 bits per heavy atom. The maximum absolute atomic E-state index is 12.6. The summed E-state index contributed by atoms with van der Waals surface area (Å²) in [6.45, 7) is 2.66. The first-order chi connectivity index (χ1) is 13.6. The van der Waals surface area contributed by atoms with Crippen LogP contribution in [0.3, 0.4) is 0 Å². The highest BCUT2D eigenvalue weighted by molar-refractivity contribution is 5.95. The van der Waals surface area contributed by atoms with Gasteiger partial charge in [-0.15, -0.1) is 0 Å². The van der Waals surface area contributed by atoms with Crippen LogP contribution in [-0.2, 0) is 14.3 Å².